The van der Waals surface area contributed by atoms with Gasteiger partial charge in [0.25, 0.3) is 0 Å². The number of carbonyl (C=O) groups is 1. The van der Waals surface area contributed by atoms with E-state index in [1.165, 1.54) is 0 Å². The lowest BCUT2D eigenvalue weighted by molar-refractivity contribution is -0.144. The molecule has 0 aliphatic carbocycles. The molecule has 4 nitrogen and oxygen atoms in total. The Morgan fingerprint density at radius 2 is 1.75 bits per heavy atom. The molecule has 0 bridgehead atoms. The second kappa shape index (κ2) is 6.64. The zero-order valence-electron chi connectivity index (χ0n) is 7.55. The van der Waals surface area contributed by atoms with Crippen molar-refractivity contribution in [1.82, 2.24) is 0 Å². The van der Waals surface area contributed by atoms with Crippen LogP contribution in [0, 0.1) is 5.41 Å². The molecule has 0 aromatic rings. The van der Waals surface area contributed by atoms with Crippen LogP contribution in [0.4, 0.5) is 0 Å². The topological polar surface area (TPSA) is 59.4 Å². The predicted octanol–water partition coefficient (Wildman–Crippen LogP) is 1.34. The van der Waals surface area contributed by atoms with E-state index < -0.39 is 0 Å². The number of nitrogens with one attached hydrogen (secondary N) is 1. The second-order valence-corrected chi connectivity index (χ2v) is 2.20. The highest BCUT2D eigenvalue weighted by molar-refractivity contribution is 5.72. The quantitative estimate of drug-likeness (QED) is 0.295. The van der Waals surface area contributed by atoms with Crippen molar-refractivity contribution in [2.45, 2.75) is 26.7 Å². The van der Waals surface area contributed by atoms with E-state index in [4.69, 9.17) is 14.9 Å². The van der Waals surface area contributed by atoms with Crippen LogP contribution in [0.25, 0.3) is 0 Å². The van der Waals surface area contributed by atoms with Crippen LogP contribution < -0.4 is 0 Å². The van der Waals surface area contributed by atoms with Gasteiger partial charge in [-0.2, -0.15) is 0 Å². The minimum absolute atomic E-state index is 0.225. The lowest BCUT2D eigenvalue weighted by Crippen LogP contribution is -2.12. The monoisotopic (exact) mass is 173 g/mol. The summed E-state index contributed by atoms with van der Waals surface area (Å²) in [6.07, 6.45) is 0.951. The molecule has 0 saturated carbocycles. The molecule has 1 N–H and O–H groups in total. The van der Waals surface area contributed by atoms with E-state index in [0.717, 1.165) is 0 Å². The Morgan fingerprint density at radius 1 is 1.17 bits per heavy atom. The first kappa shape index (κ1) is 10.9. The highest BCUT2D eigenvalue weighted by Gasteiger charge is 1.98. The van der Waals surface area contributed by atoms with Gasteiger partial charge >= 0.3 is 5.97 Å². The summed E-state index contributed by atoms with van der Waals surface area (Å²) in [6.45, 7) is 4.07. The van der Waals surface area contributed by atoms with Crippen molar-refractivity contribution in [3.63, 3.8) is 0 Å². The Balaban J connectivity index is 3.21. The third kappa shape index (κ3) is 5.70. The standard InChI is InChI=1S/C8H15NO3/c1-3-7(9)11-5-6-12-8(10)4-2/h9H,3-6H2,1-2H3. The van der Waals surface area contributed by atoms with Gasteiger partial charge in [-0.05, 0) is 0 Å². The summed E-state index contributed by atoms with van der Waals surface area (Å²) in [7, 11) is 0. The number of hydrogen-bond acceptors (Lipinski definition) is 4. The van der Waals surface area contributed by atoms with Crippen LogP contribution in [0.2, 0.25) is 0 Å². The van der Waals surface area contributed by atoms with Crippen molar-refractivity contribution < 1.29 is 14.3 Å². The Morgan fingerprint density at radius 3 is 2.25 bits per heavy atom. The highest BCUT2D eigenvalue weighted by Crippen LogP contribution is 1.87. The van der Waals surface area contributed by atoms with Gasteiger partial charge in [0.2, 0.25) is 0 Å². The van der Waals surface area contributed by atoms with Gasteiger partial charge in [0.1, 0.15) is 13.2 Å². The largest absolute Gasteiger partial charge is 0.478 e. The van der Waals surface area contributed by atoms with Gasteiger partial charge < -0.3 is 9.47 Å². The SMILES string of the molecule is CCC(=N)OCCOC(=O)CC. The maximum atomic E-state index is 10.6. The van der Waals surface area contributed by atoms with Gasteiger partial charge in [0.15, 0.2) is 5.90 Å². The van der Waals surface area contributed by atoms with Crippen LogP contribution in [0.3, 0.4) is 0 Å². The molecule has 0 amide bonds. The number of ether oxygens (including phenoxy) is 2. The normalized spacial score (nSPS) is 9.17. The van der Waals surface area contributed by atoms with Crippen LogP contribution in [0.5, 0.6) is 0 Å². The van der Waals surface area contributed by atoms with Gasteiger partial charge in [0, 0.05) is 12.8 Å². The minimum atomic E-state index is -0.235. The summed E-state index contributed by atoms with van der Waals surface area (Å²) in [5.41, 5.74) is 0. The molecule has 0 radical (unpaired) electrons. The summed E-state index contributed by atoms with van der Waals surface area (Å²) >= 11 is 0. The van der Waals surface area contributed by atoms with E-state index in [9.17, 15) is 4.79 Å². The van der Waals surface area contributed by atoms with E-state index in [2.05, 4.69) is 0 Å². The summed E-state index contributed by atoms with van der Waals surface area (Å²) in [4.78, 5) is 10.6. The van der Waals surface area contributed by atoms with Gasteiger partial charge in [-0.15, -0.1) is 0 Å². The molecule has 0 aliphatic heterocycles. The summed E-state index contributed by atoms with van der Waals surface area (Å²) < 4.78 is 9.62. The first-order valence-electron chi connectivity index (χ1n) is 4.06. The van der Waals surface area contributed by atoms with E-state index in [1.54, 1.807) is 6.92 Å². The molecule has 0 atom stereocenters. The predicted molar refractivity (Wildman–Crippen MR) is 45.2 cm³/mol. The third-order valence-corrected chi connectivity index (χ3v) is 1.23. The summed E-state index contributed by atoms with van der Waals surface area (Å²) in [6, 6.07) is 0. The molecule has 4 heteroatoms. The fourth-order valence-corrected chi connectivity index (χ4v) is 0.524. The number of carbonyl (C=O) groups excluding carboxylic acids is 1. The number of rotatable bonds is 5. The van der Waals surface area contributed by atoms with Crippen molar-refractivity contribution in [1.29, 1.82) is 5.41 Å². The van der Waals surface area contributed by atoms with E-state index in [1.807, 2.05) is 6.92 Å². The molecule has 0 spiro atoms. The molecule has 70 valence electrons. The molecule has 12 heavy (non-hydrogen) atoms. The maximum Gasteiger partial charge on any atom is 0.305 e. The van der Waals surface area contributed by atoms with Gasteiger partial charge in [0.05, 0.1) is 0 Å². The third-order valence-electron chi connectivity index (χ3n) is 1.23. The lowest BCUT2D eigenvalue weighted by Gasteiger charge is -2.05. The second-order valence-electron chi connectivity index (χ2n) is 2.20. The first-order chi connectivity index (χ1) is 5.70. The molecule has 0 rings (SSSR count). The summed E-state index contributed by atoms with van der Waals surface area (Å²) in [5, 5.41) is 7.11. The van der Waals surface area contributed by atoms with E-state index in [0.29, 0.717) is 12.8 Å². The smallest absolute Gasteiger partial charge is 0.305 e. The molecule has 0 heterocycles. The van der Waals surface area contributed by atoms with Crippen LogP contribution in [0.15, 0.2) is 0 Å². The number of esters is 1. The van der Waals surface area contributed by atoms with Crippen LogP contribution in [0.1, 0.15) is 26.7 Å². The molecular weight excluding hydrogens is 158 g/mol. The van der Waals surface area contributed by atoms with Crippen molar-refractivity contribution in [3.8, 4) is 0 Å². The lowest BCUT2D eigenvalue weighted by atomic mass is 10.5. The molecule has 0 aliphatic rings. The van der Waals surface area contributed by atoms with Crippen molar-refractivity contribution >= 4 is 11.9 Å². The average molecular weight is 173 g/mol. The van der Waals surface area contributed by atoms with Crippen molar-refractivity contribution in [2.75, 3.05) is 13.2 Å². The zero-order valence-corrected chi connectivity index (χ0v) is 7.55. The van der Waals surface area contributed by atoms with Gasteiger partial charge in [-0.3, -0.25) is 10.2 Å². The molecule has 0 aromatic carbocycles. The van der Waals surface area contributed by atoms with Crippen molar-refractivity contribution in [3.05, 3.63) is 0 Å². The minimum Gasteiger partial charge on any atom is -0.478 e. The first-order valence-corrected chi connectivity index (χ1v) is 4.06. The Hall–Kier alpha value is -1.06. The maximum absolute atomic E-state index is 10.6. The van der Waals surface area contributed by atoms with Gasteiger partial charge in [-0.1, -0.05) is 13.8 Å². The van der Waals surface area contributed by atoms with Crippen LogP contribution in [-0.2, 0) is 14.3 Å². The van der Waals surface area contributed by atoms with Crippen molar-refractivity contribution in [2.24, 2.45) is 0 Å². The highest BCUT2D eigenvalue weighted by atomic mass is 16.6. The van der Waals surface area contributed by atoms with E-state index in [-0.39, 0.29) is 25.1 Å². The zero-order chi connectivity index (χ0) is 9.40. The molecular formula is C8H15NO3. The molecule has 0 aromatic heterocycles. The van der Waals surface area contributed by atoms with E-state index >= 15 is 0 Å². The fourth-order valence-electron chi connectivity index (χ4n) is 0.524. The van der Waals surface area contributed by atoms with Crippen LogP contribution >= 0.6 is 0 Å². The Kier molecular flexibility index (Phi) is 6.05. The molecule has 0 unspecified atom stereocenters. The Bertz CT molecular complexity index is 138. The fraction of sp³-hybridized carbons (Fsp3) is 0.750. The molecule has 0 fully saturated rings. The van der Waals surface area contributed by atoms with Gasteiger partial charge in [-0.25, -0.2) is 0 Å². The average Bonchev–Trinajstić information content (AvgIpc) is 2.11. The number of hydrogen-bond donors (Lipinski definition) is 1. The summed E-state index contributed by atoms with van der Waals surface area (Å²) in [5.74, 6) is -0.0100. The Labute approximate surface area is 72.4 Å². The molecule has 0 saturated heterocycles. The van der Waals surface area contributed by atoms with Crippen LogP contribution in [-0.4, -0.2) is 25.1 Å².